The third-order valence-electron chi connectivity index (χ3n) is 4.39. The van der Waals surface area contributed by atoms with Gasteiger partial charge in [-0.05, 0) is 38.5 Å². The number of rotatable bonds is 6. The van der Waals surface area contributed by atoms with Crippen LogP contribution in [0.3, 0.4) is 0 Å². The molecule has 0 heterocycles. The van der Waals surface area contributed by atoms with Crippen molar-refractivity contribution >= 4 is 0 Å². The van der Waals surface area contributed by atoms with Crippen LogP contribution in [0.25, 0.3) is 0 Å². The van der Waals surface area contributed by atoms with E-state index < -0.39 is 0 Å². The Balaban J connectivity index is 1.57. The predicted molar refractivity (Wildman–Crippen MR) is 73.9 cm³/mol. The van der Waals surface area contributed by atoms with E-state index in [-0.39, 0.29) is 0 Å². The largest absolute Gasteiger partial charge is 0.382 e. The fourth-order valence-corrected chi connectivity index (χ4v) is 3.30. The van der Waals surface area contributed by atoms with E-state index in [4.69, 9.17) is 9.47 Å². The Hall–Kier alpha value is -0.120. The molecular weight excluding hydrogens is 226 g/mol. The average Bonchev–Trinajstić information content (AvgIpc) is 2.42. The summed E-state index contributed by atoms with van der Waals surface area (Å²) in [6.07, 6.45) is 12.6. The molecule has 0 saturated heterocycles. The summed E-state index contributed by atoms with van der Waals surface area (Å²) in [6, 6.07) is 1.55. The van der Waals surface area contributed by atoms with Crippen LogP contribution in [0, 0.1) is 0 Å². The van der Waals surface area contributed by atoms with Gasteiger partial charge in [-0.2, -0.15) is 0 Å². The van der Waals surface area contributed by atoms with E-state index in [0.29, 0.717) is 6.10 Å². The van der Waals surface area contributed by atoms with Crippen LogP contribution in [0.15, 0.2) is 0 Å². The van der Waals surface area contributed by atoms with Crippen molar-refractivity contribution < 1.29 is 9.47 Å². The summed E-state index contributed by atoms with van der Waals surface area (Å²) < 4.78 is 10.8. The predicted octanol–water partition coefficient (Wildman–Crippen LogP) is 2.88. The lowest BCUT2D eigenvalue weighted by Gasteiger charge is -2.33. The fraction of sp³-hybridized carbons (Fsp3) is 1.00. The second kappa shape index (κ2) is 8.13. The highest BCUT2D eigenvalue weighted by Gasteiger charge is 2.24. The molecule has 106 valence electrons. The van der Waals surface area contributed by atoms with Crippen molar-refractivity contribution in [2.45, 2.75) is 76.0 Å². The van der Waals surface area contributed by atoms with Crippen molar-refractivity contribution in [2.75, 3.05) is 20.3 Å². The summed E-state index contributed by atoms with van der Waals surface area (Å²) in [5.74, 6) is 0. The number of methoxy groups -OCH3 is 1. The van der Waals surface area contributed by atoms with E-state index in [2.05, 4.69) is 5.32 Å². The van der Waals surface area contributed by atoms with E-state index in [1.807, 2.05) is 0 Å². The first kappa shape index (κ1) is 14.3. The van der Waals surface area contributed by atoms with E-state index in [1.165, 1.54) is 57.8 Å². The fourth-order valence-electron chi connectivity index (χ4n) is 3.30. The molecule has 0 aromatic rings. The standard InChI is InChI=1S/C15H29NO2/c1-17-11-12-18-15-9-7-14(8-10-15)16-13-5-3-2-4-6-13/h13-16H,2-12H2,1H3/t14-,15-. The highest BCUT2D eigenvalue weighted by atomic mass is 16.5. The van der Waals surface area contributed by atoms with Crippen molar-refractivity contribution in [3.8, 4) is 0 Å². The molecule has 2 saturated carbocycles. The Morgan fingerprint density at radius 1 is 0.833 bits per heavy atom. The molecular formula is C15H29NO2. The molecule has 0 radical (unpaired) electrons. The third kappa shape index (κ3) is 4.87. The van der Waals surface area contributed by atoms with Gasteiger partial charge in [-0.1, -0.05) is 19.3 Å². The molecule has 0 unspecified atom stereocenters. The first-order valence-corrected chi connectivity index (χ1v) is 7.75. The van der Waals surface area contributed by atoms with Gasteiger partial charge in [0, 0.05) is 19.2 Å². The molecule has 3 heteroatoms. The minimum Gasteiger partial charge on any atom is -0.382 e. The normalized spacial score (nSPS) is 30.5. The maximum atomic E-state index is 5.81. The molecule has 0 aromatic carbocycles. The smallest absolute Gasteiger partial charge is 0.0704 e. The van der Waals surface area contributed by atoms with Gasteiger partial charge in [0.05, 0.1) is 19.3 Å². The third-order valence-corrected chi connectivity index (χ3v) is 4.39. The van der Waals surface area contributed by atoms with Gasteiger partial charge in [-0.25, -0.2) is 0 Å². The summed E-state index contributed by atoms with van der Waals surface area (Å²) in [7, 11) is 1.73. The van der Waals surface area contributed by atoms with E-state index >= 15 is 0 Å². The van der Waals surface area contributed by atoms with Crippen LogP contribution in [0.2, 0.25) is 0 Å². The zero-order valence-corrected chi connectivity index (χ0v) is 11.8. The molecule has 0 spiro atoms. The van der Waals surface area contributed by atoms with Crippen LogP contribution in [-0.4, -0.2) is 38.5 Å². The van der Waals surface area contributed by atoms with Gasteiger partial charge in [0.15, 0.2) is 0 Å². The van der Waals surface area contributed by atoms with Gasteiger partial charge in [0.2, 0.25) is 0 Å². The van der Waals surface area contributed by atoms with Crippen molar-refractivity contribution in [3.05, 3.63) is 0 Å². The molecule has 0 amide bonds. The Bertz CT molecular complexity index is 209. The van der Waals surface area contributed by atoms with E-state index in [0.717, 1.165) is 25.3 Å². The first-order valence-electron chi connectivity index (χ1n) is 7.75. The maximum absolute atomic E-state index is 5.81. The lowest BCUT2D eigenvalue weighted by atomic mass is 9.89. The summed E-state index contributed by atoms with van der Waals surface area (Å²) in [6.45, 7) is 1.47. The van der Waals surface area contributed by atoms with Gasteiger partial charge in [-0.3, -0.25) is 0 Å². The monoisotopic (exact) mass is 255 g/mol. The summed E-state index contributed by atoms with van der Waals surface area (Å²) in [5.41, 5.74) is 0. The first-order chi connectivity index (χ1) is 8.88. The number of ether oxygens (including phenoxy) is 2. The van der Waals surface area contributed by atoms with Gasteiger partial charge in [-0.15, -0.1) is 0 Å². The molecule has 0 bridgehead atoms. The molecule has 2 aliphatic carbocycles. The van der Waals surface area contributed by atoms with Crippen molar-refractivity contribution in [1.82, 2.24) is 5.32 Å². The van der Waals surface area contributed by atoms with Crippen LogP contribution < -0.4 is 5.32 Å². The Morgan fingerprint density at radius 2 is 1.50 bits per heavy atom. The topological polar surface area (TPSA) is 30.5 Å². The second-order valence-corrected chi connectivity index (χ2v) is 5.84. The van der Waals surface area contributed by atoms with Crippen molar-refractivity contribution in [1.29, 1.82) is 0 Å². The SMILES string of the molecule is COCCO[C@H]1CC[C@H](NC2CCCCC2)CC1. The number of hydrogen-bond donors (Lipinski definition) is 1. The molecule has 0 aromatic heterocycles. The van der Waals surface area contributed by atoms with Crippen LogP contribution in [-0.2, 0) is 9.47 Å². The Labute approximate surface area is 112 Å². The maximum Gasteiger partial charge on any atom is 0.0704 e. The molecule has 0 atom stereocenters. The molecule has 1 N–H and O–H groups in total. The summed E-state index contributed by atoms with van der Waals surface area (Å²) in [4.78, 5) is 0. The zero-order valence-electron chi connectivity index (χ0n) is 11.8. The van der Waals surface area contributed by atoms with Crippen LogP contribution in [0.5, 0.6) is 0 Å². The zero-order chi connectivity index (χ0) is 12.6. The highest BCUT2D eigenvalue weighted by Crippen LogP contribution is 2.24. The van der Waals surface area contributed by atoms with E-state index in [9.17, 15) is 0 Å². The minimum absolute atomic E-state index is 0.476. The Kier molecular flexibility index (Phi) is 6.46. The van der Waals surface area contributed by atoms with E-state index in [1.54, 1.807) is 7.11 Å². The summed E-state index contributed by atoms with van der Waals surface area (Å²) in [5, 5.41) is 3.87. The van der Waals surface area contributed by atoms with Gasteiger partial charge < -0.3 is 14.8 Å². The van der Waals surface area contributed by atoms with Crippen LogP contribution in [0.4, 0.5) is 0 Å². The van der Waals surface area contributed by atoms with Crippen LogP contribution >= 0.6 is 0 Å². The molecule has 2 fully saturated rings. The molecule has 18 heavy (non-hydrogen) atoms. The van der Waals surface area contributed by atoms with Gasteiger partial charge in [0.1, 0.15) is 0 Å². The quantitative estimate of drug-likeness (QED) is 0.740. The van der Waals surface area contributed by atoms with Crippen LogP contribution in [0.1, 0.15) is 57.8 Å². The average molecular weight is 255 g/mol. The Morgan fingerprint density at radius 3 is 2.17 bits per heavy atom. The molecule has 2 aliphatic rings. The second-order valence-electron chi connectivity index (χ2n) is 5.84. The van der Waals surface area contributed by atoms with Gasteiger partial charge >= 0.3 is 0 Å². The number of nitrogens with one attached hydrogen (secondary N) is 1. The molecule has 0 aliphatic heterocycles. The lowest BCUT2D eigenvalue weighted by Crippen LogP contribution is -2.42. The van der Waals surface area contributed by atoms with Crippen molar-refractivity contribution in [2.24, 2.45) is 0 Å². The summed E-state index contributed by atoms with van der Waals surface area (Å²) >= 11 is 0. The lowest BCUT2D eigenvalue weighted by molar-refractivity contribution is -0.00506. The molecule has 3 nitrogen and oxygen atoms in total. The minimum atomic E-state index is 0.476. The van der Waals surface area contributed by atoms with Gasteiger partial charge in [0.25, 0.3) is 0 Å². The van der Waals surface area contributed by atoms with Crippen molar-refractivity contribution in [3.63, 3.8) is 0 Å². The molecule has 2 rings (SSSR count). The highest BCUT2D eigenvalue weighted by molar-refractivity contribution is 4.82. The number of hydrogen-bond acceptors (Lipinski definition) is 3.